The van der Waals surface area contributed by atoms with Crippen LogP contribution in [0.1, 0.15) is 53.4 Å². The maximum Gasteiger partial charge on any atom is 0.306 e. The molecule has 78 valence electrons. The molecule has 2 nitrogen and oxygen atoms in total. The van der Waals surface area contributed by atoms with Crippen molar-refractivity contribution < 1.29 is 9.53 Å². The highest BCUT2D eigenvalue weighted by atomic mass is 16.5. The molecule has 0 saturated heterocycles. The van der Waals surface area contributed by atoms with Crippen molar-refractivity contribution in [1.82, 2.24) is 0 Å². The van der Waals surface area contributed by atoms with Crippen molar-refractivity contribution in [3.8, 4) is 0 Å². The van der Waals surface area contributed by atoms with Gasteiger partial charge in [0.1, 0.15) is 0 Å². The first-order valence-electron chi connectivity index (χ1n) is 5.25. The molecule has 1 unspecified atom stereocenters. The Hall–Kier alpha value is -0.530. The van der Waals surface area contributed by atoms with Gasteiger partial charge in [-0.2, -0.15) is 0 Å². The van der Waals surface area contributed by atoms with Crippen LogP contribution in [0, 0.1) is 5.92 Å². The molecule has 2 heteroatoms. The lowest BCUT2D eigenvalue weighted by molar-refractivity contribution is -0.148. The zero-order valence-corrected chi connectivity index (χ0v) is 9.30. The Morgan fingerprint density at radius 3 is 2.31 bits per heavy atom. The van der Waals surface area contributed by atoms with E-state index in [1.807, 2.05) is 6.92 Å². The summed E-state index contributed by atoms with van der Waals surface area (Å²) in [7, 11) is 0. The number of ether oxygens (including phenoxy) is 1. The number of hydrogen-bond donors (Lipinski definition) is 0. The van der Waals surface area contributed by atoms with E-state index in [4.69, 9.17) is 4.74 Å². The first-order chi connectivity index (χ1) is 6.06. The maximum atomic E-state index is 11.2. The molecule has 0 aromatic carbocycles. The van der Waals surface area contributed by atoms with Gasteiger partial charge < -0.3 is 4.74 Å². The number of carbonyl (C=O) groups is 1. The average molecular weight is 186 g/mol. The van der Waals surface area contributed by atoms with E-state index in [-0.39, 0.29) is 12.1 Å². The van der Waals surface area contributed by atoms with E-state index in [1.54, 1.807) is 0 Å². The summed E-state index contributed by atoms with van der Waals surface area (Å²) in [5.41, 5.74) is 0. The molecule has 0 aliphatic heterocycles. The lowest BCUT2D eigenvalue weighted by Crippen LogP contribution is -2.14. The molecule has 0 aliphatic rings. The summed E-state index contributed by atoms with van der Waals surface area (Å²) >= 11 is 0. The highest BCUT2D eigenvalue weighted by Gasteiger charge is 2.08. The summed E-state index contributed by atoms with van der Waals surface area (Å²) < 4.78 is 5.20. The summed E-state index contributed by atoms with van der Waals surface area (Å²) in [6, 6.07) is 0. The van der Waals surface area contributed by atoms with Crippen LogP contribution in [0.5, 0.6) is 0 Å². The summed E-state index contributed by atoms with van der Waals surface area (Å²) in [6.07, 6.45) is 3.61. The van der Waals surface area contributed by atoms with E-state index >= 15 is 0 Å². The fourth-order valence-electron chi connectivity index (χ4n) is 1.16. The number of esters is 1. The molecule has 0 aromatic rings. The molecule has 0 aliphatic carbocycles. The fraction of sp³-hybridized carbons (Fsp3) is 0.909. The lowest BCUT2D eigenvalue weighted by Gasteiger charge is -2.12. The molecule has 0 amide bonds. The van der Waals surface area contributed by atoms with Gasteiger partial charge in [-0.25, -0.2) is 0 Å². The molecule has 0 heterocycles. The zero-order valence-electron chi connectivity index (χ0n) is 9.30. The molecule has 0 aromatic heterocycles. The van der Waals surface area contributed by atoms with Crippen molar-refractivity contribution in [2.24, 2.45) is 5.92 Å². The molecule has 0 bridgehead atoms. The topological polar surface area (TPSA) is 26.3 Å². The van der Waals surface area contributed by atoms with E-state index < -0.39 is 0 Å². The van der Waals surface area contributed by atoms with Gasteiger partial charge in [0.2, 0.25) is 0 Å². The van der Waals surface area contributed by atoms with Gasteiger partial charge in [-0.3, -0.25) is 4.79 Å². The predicted molar refractivity (Wildman–Crippen MR) is 54.5 cm³/mol. The van der Waals surface area contributed by atoms with Gasteiger partial charge in [0.05, 0.1) is 6.10 Å². The summed E-state index contributed by atoms with van der Waals surface area (Å²) in [4.78, 5) is 11.2. The zero-order chi connectivity index (χ0) is 10.3. The number of carbonyl (C=O) groups excluding carboxylic acids is 1. The Morgan fingerprint density at radius 2 is 1.85 bits per heavy atom. The highest BCUT2D eigenvalue weighted by Crippen LogP contribution is 2.07. The van der Waals surface area contributed by atoms with Gasteiger partial charge in [0.25, 0.3) is 0 Å². The van der Waals surface area contributed by atoms with Crippen LogP contribution in [-0.2, 0) is 9.53 Å². The first kappa shape index (κ1) is 12.5. The molecule has 0 N–H and O–H groups in total. The Labute approximate surface area is 81.7 Å². The van der Waals surface area contributed by atoms with Crippen LogP contribution in [-0.4, -0.2) is 12.1 Å². The van der Waals surface area contributed by atoms with Crippen LogP contribution in [0.4, 0.5) is 0 Å². The third-order valence-corrected chi connectivity index (χ3v) is 1.95. The van der Waals surface area contributed by atoms with Crippen LogP contribution < -0.4 is 0 Å². The Morgan fingerprint density at radius 1 is 1.23 bits per heavy atom. The summed E-state index contributed by atoms with van der Waals surface area (Å²) in [5, 5.41) is 0. The van der Waals surface area contributed by atoms with Gasteiger partial charge in [-0.15, -0.1) is 0 Å². The van der Waals surface area contributed by atoms with E-state index in [9.17, 15) is 4.79 Å². The third kappa shape index (κ3) is 7.82. The van der Waals surface area contributed by atoms with E-state index in [0.29, 0.717) is 12.3 Å². The largest absolute Gasteiger partial charge is 0.463 e. The minimum Gasteiger partial charge on any atom is -0.463 e. The van der Waals surface area contributed by atoms with Crippen LogP contribution in [0.2, 0.25) is 0 Å². The minimum atomic E-state index is -0.0466. The van der Waals surface area contributed by atoms with Gasteiger partial charge >= 0.3 is 5.97 Å². The number of rotatable bonds is 6. The highest BCUT2D eigenvalue weighted by molar-refractivity contribution is 5.69. The molecular weight excluding hydrogens is 164 g/mol. The van der Waals surface area contributed by atoms with E-state index in [2.05, 4.69) is 20.8 Å². The molecule has 0 radical (unpaired) electrons. The second-order valence-corrected chi connectivity index (χ2v) is 4.02. The number of hydrogen-bond acceptors (Lipinski definition) is 2. The second-order valence-electron chi connectivity index (χ2n) is 4.02. The van der Waals surface area contributed by atoms with Gasteiger partial charge in [0, 0.05) is 6.42 Å². The quantitative estimate of drug-likeness (QED) is 0.596. The Balaban J connectivity index is 3.50. The van der Waals surface area contributed by atoms with Crippen molar-refractivity contribution in [3.05, 3.63) is 0 Å². The van der Waals surface area contributed by atoms with Crippen molar-refractivity contribution in [3.63, 3.8) is 0 Å². The molecule has 1 atom stereocenters. The molecule has 0 spiro atoms. The minimum absolute atomic E-state index is 0.0466. The van der Waals surface area contributed by atoms with Crippen molar-refractivity contribution in [2.45, 2.75) is 59.5 Å². The normalized spacial score (nSPS) is 13.0. The summed E-state index contributed by atoms with van der Waals surface area (Å²) in [5.74, 6) is 0.531. The van der Waals surface area contributed by atoms with Crippen molar-refractivity contribution >= 4 is 5.97 Å². The van der Waals surface area contributed by atoms with Gasteiger partial charge in [0.15, 0.2) is 0 Å². The maximum absolute atomic E-state index is 11.2. The van der Waals surface area contributed by atoms with Crippen LogP contribution in [0.15, 0.2) is 0 Å². The summed E-state index contributed by atoms with van der Waals surface area (Å²) in [6.45, 7) is 8.28. The monoisotopic (exact) mass is 186 g/mol. The molecule has 13 heavy (non-hydrogen) atoms. The SMILES string of the molecule is CCCC(C)OC(=O)CCC(C)C. The van der Waals surface area contributed by atoms with Crippen LogP contribution in [0.25, 0.3) is 0 Å². The molecule has 0 rings (SSSR count). The second kappa shape index (κ2) is 6.93. The molecule has 0 fully saturated rings. The third-order valence-electron chi connectivity index (χ3n) is 1.95. The lowest BCUT2D eigenvalue weighted by atomic mass is 10.1. The smallest absolute Gasteiger partial charge is 0.306 e. The standard InChI is InChI=1S/C11H22O2/c1-5-6-10(4)13-11(12)8-7-9(2)3/h9-10H,5-8H2,1-4H3. The van der Waals surface area contributed by atoms with Crippen LogP contribution >= 0.6 is 0 Å². The van der Waals surface area contributed by atoms with Gasteiger partial charge in [-0.1, -0.05) is 27.2 Å². The molecule has 0 saturated carbocycles. The Bertz CT molecular complexity index is 141. The Kier molecular flexibility index (Phi) is 6.65. The first-order valence-corrected chi connectivity index (χ1v) is 5.25. The van der Waals surface area contributed by atoms with Gasteiger partial charge in [-0.05, 0) is 25.7 Å². The molecular formula is C11H22O2. The van der Waals surface area contributed by atoms with E-state index in [1.165, 1.54) is 0 Å². The van der Waals surface area contributed by atoms with E-state index in [0.717, 1.165) is 19.3 Å². The van der Waals surface area contributed by atoms with Crippen LogP contribution in [0.3, 0.4) is 0 Å². The predicted octanol–water partition coefficient (Wildman–Crippen LogP) is 3.15. The van der Waals surface area contributed by atoms with Crippen molar-refractivity contribution in [2.75, 3.05) is 0 Å². The average Bonchev–Trinajstić information content (AvgIpc) is 2.01. The van der Waals surface area contributed by atoms with Crippen molar-refractivity contribution in [1.29, 1.82) is 0 Å². The fourth-order valence-corrected chi connectivity index (χ4v) is 1.16.